The van der Waals surface area contributed by atoms with Crippen molar-refractivity contribution in [2.75, 3.05) is 25.7 Å². The lowest BCUT2D eigenvalue weighted by Gasteiger charge is -2.12. The van der Waals surface area contributed by atoms with E-state index in [1.807, 2.05) is 6.07 Å². The van der Waals surface area contributed by atoms with Crippen LogP contribution in [0.3, 0.4) is 0 Å². The van der Waals surface area contributed by atoms with Gasteiger partial charge in [0.15, 0.2) is 9.84 Å². The normalized spacial score (nSPS) is 11.3. The van der Waals surface area contributed by atoms with Crippen molar-refractivity contribution in [2.45, 2.75) is 5.75 Å². The van der Waals surface area contributed by atoms with Crippen LogP contribution in [0.4, 0.5) is 5.69 Å². The topological polar surface area (TPSA) is 77.4 Å². The van der Waals surface area contributed by atoms with E-state index in [1.54, 1.807) is 38.5 Å². The van der Waals surface area contributed by atoms with E-state index in [0.717, 1.165) is 11.1 Å². The Hall–Kier alpha value is -2.28. The van der Waals surface area contributed by atoms with E-state index in [1.165, 1.54) is 17.9 Å². The summed E-state index contributed by atoms with van der Waals surface area (Å²) in [7, 11) is 1.68. The average Bonchev–Trinajstić information content (AvgIpc) is 2.48. The number of nitrogens with zero attached hydrogens (tertiary/aromatic N) is 1. The summed E-state index contributed by atoms with van der Waals surface area (Å²) in [5.74, 6) is 0.423. The Morgan fingerprint density at radius 2 is 1.91 bits per heavy atom. The molecule has 2 rings (SSSR count). The van der Waals surface area contributed by atoms with Gasteiger partial charge in [-0.25, -0.2) is 8.42 Å². The van der Waals surface area contributed by atoms with E-state index in [4.69, 9.17) is 4.74 Å². The van der Waals surface area contributed by atoms with Crippen LogP contribution in [0.1, 0.15) is 5.56 Å². The Bertz CT molecular complexity index is 885. The third-order valence-corrected chi connectivity index (χ3v) is 4.32. The summed E-state index contributed by atoms with van der Waals surface area (Å²) in [6.07, 6.45) is 2.90. The van der Waals surface area contributed by atoms with Crippen molar-refractivity contribution in [1.29, 1.82) is 0 Å². The summed E-state index contributed by atoms with van der Waals surface area (Å²) in [5.41, 5.74) is 2.57. The fourth-order valence-electron chi connectivity index (χ4n) is 2.40. The maximum atomic E-state index is 11.9. The molecule has 1 aromatic heterocycles. The number of ether oxygens (including phenoxy) is 1. The Kier molecular flexibility index (Phi) is 4.79. The molecule has 0 aliphatic rings. The molecule has 0 atom stereocenters. The second kappa shape index (κ2) is 6.45. The van der Waals surface area contributed by atoms with E-state index in [9.17, 15) is 13.2 Å². The van der Waals surface area contributed by atoms with Crippen LogP contribution < -0.4 is 15.6 Å². The number of hydrogen-bond donors (Lipinski definition) is 1. The summed E-state index contributed by atoms with van der Waals surface area (Å²) >= 11 is 0. The monoisotopic (exact) mass is 336 g/mol. The molecule has 124 valence electrons. The van der Waals surface area contributed by atoms with Crippen molar-refractivity contribution >= 4 is 15.5 Å². The minimum atomic E-state index is -3.18. The van der Waals surface area contributed by atoms with Crippen LogP contribution in [0.5, 0.6) is 5.75 Å². The van der Waals surface area contributed by atoms with Crippen LogP contribution in [-0.4, -0.2) is 33.4 Å². The predicted molar refractivity (Wildman–Crippen MR) is 91.8 cm³/mol. The summed E-state index contributed by atoms with van der Waals surface area (Å²) in [5, 5.41) is 2.87. The lowest BCUT2D eigenvalue weighted by atomic mass is 10.0. The highest BCUT2D eigenvalue weighted by Gasteiger charge is 2.13. The molecular weight excluding hydrogens is 316 g/mol. The van der Waals surface area contributed by atoms with E-state index in [-0.39, 0.29) is 11.3 Å². The molecule has 0 saturated carbocycles. The minimum Gasteiger partial charge on any atom is -0.496 e. The van der Waals surface area contributed by atoms with E-state index >= 15 is 0 Å². The molecule has 6 nitrogen and oxygen atoms in total. The molecule has 1 N–H and O–H groups in total. The molecule has 23 heavy (non-hydrogen) atoms. The van der Waals surface area contributed by atoms with Gasteiger partial charge in [-0.05, 0) is 23.8 Å². The highest BCUT2D eigenvalue weighted by atomic mass is 32.2. The van der Waals surface area contributed by atoms with E-state index < -0.39 is 9.84 Å². The fourth-order valence-corrected chi connectivity index (χ4v) is 3.19. The fraction of sp³-hybridized carbons (Fsp3) is 0.312. The van der Waals surface area contributed by atoms with Gasteiger partial charge in [0.1, 0.15) is 11.4 Å². The minimum absolute atomic E-state index is 0.103. The molecule has 0 aliphatic heterocycles. The van der Waals surface area contributed by atoms with Crippen molar-refractivity contribution in [1.82, 2.24) is 4.57 Å². The molecule has 1 aromatic carbocycles. The van der Waals surface area contributed by atoms with Crippen LogP contribution in [0.2, 0.25) is 0 Å². The number of nitrogens with one attached hydrogen (secondary N) is 1. The first-order chi connectivity index (χ1) is 10.7. The zero-order valence-electron chi connectivity index (χ0n) is 13.6. The number of hydrogen-bond acceptors (Lipinski definition) is 5. The second-order valence-electron chi connectivity index (χ2n) is 5.41. The van der Waals surface area contributed by atoms with Gasteiger partial charge in [0.2, 0.25) is 0 Å². The lowest BCUT2D eigenvalue weighted by Crippen LogP contribution is -2.19. The second-order valence-corrected chi connectivity index (χ2v) is 7.55. The number of sulfone groups is 1. The van der Waals surface area contributed by atoms with Gasteiger partial charge in [0.25, 0.3) is 5.56 Å². The summed E-state index contributed by atoms with van der Waals surface area (Å²) in [6, 6.07) is 7.09. The first kappa shape index (κ1) is 17.1. The highest BCUT2D eigenvalue weighted by Crippen LogP contribution is 2.28. The van der Waals surface area contributed by atoms with Gasteiger partial charge in [0, 0.05) is 37.7 Å². The third-order valence-electron chi connectivity index (χ3n) is 3.48. The van der Waals surface area contributed by atoms with Gasteiger partial charge in [-0.2, -0.15) is 0 Å². The first-order valence-electron chi connectivity index (χ1n) is 6.98. The van der Waals surface area contributed by atoms with Crippen LogP contribution in [0, 0.1) is 0 Å². The SMILES string of the molecule is CNc1cc(-c2ccc(OC)c(CS(C)(=O)=O)c2)cn(C)c1=O. The van der Waals surface area contributed by atoms with Crippen LogP contribution in [0.15, 0.2) is 35.3 Å². The molecule has 0 amide bonds. The van der Waals surface area contributed by atoms with Gasteiger partial charge in [-0.15, -0.1) is 0 Å². The molecule has 2 aromatic rings. The van der Waals surface area contributed by atoms with E-state index in [0.29, 0.717) is 17.0 Å². The number of rotatable bonds is 5. The lowest BCUT2D eigenvalue weighted by molar-refractivity contribution is 0.411. The number of aryl methyl sites for hydroxylation is 1. The summed E-state index contributed by atoms with van der Waals surface area (Å²) in [4.78, 5) is 11.9. The zero-order chi connectivity index (χ0) is 17.2. The standard InChI is InChI=1S/C16H20N2O4S/c1-17-14-8-12(9-18(2)16(14)19)11-5-6-15(22-3)13(7-11)10-23(4,20)21/h5-9,17H,10H2,1-4H3. The van der Waals surface area contributed by atoms with Crippen molar-refractivity contribution in [2.24, 2.45) is 7.05 Å². The molecular formula is C16H20N2O4S. The van der Waals surface area contributed by atoms with Gasteiger partial charge in [-0.1, -0.05) is 6.07 Å². The predicted octanol–water partition coefficient (Wildman–Crippen LogP) is 1.65. The Morgan fingerprint density at radius 3 is 2.48 bits per heavy atom. The van der Waals surface area contributed by atoms with Gasteiger partial charge < -0.3 is 14.6 Å². The summed E-state index contributed by atoms with van der Waals surface area (Å²) < 4.78 is 29.9. The molecule has 0 fully saturated rings. The van der Waals surface area contributed by atoms with Gasteiger partial charge in [-0.3, -0.25) is 4.79 Å². The maximum absolute atomic E-state index is 11.9. The van der Waals surface area contributed by atoms with Crippen LogP contribution in [0.25, 0.3) is 11.1 Å². The third kappa shape index (κ3) is 3.92. The smallest absolute Gasteiger partial charge is 0.273 e. The number of anilines is 1. The molecule has 1 heterocycles. The molecule has 7 heteroatoms. The molecule has 0 radical (unpaired) electrons. The Balaban J connectivity index is 2.59. The van der Waals surface area contributed by atoms with Crippen molar-refractivity contribution < 1.29 is 13.2 Å². The van der Waals surface area contributed by atoms with Gasteiger partial charge in [0.05, 0.1) is 12.9 Å². The van der Waals surface area contributed by atoms with Crippen molar-refractivity contribution in [3.05, 3.63) is 46.4 Å². The van der Waals surface area contributed by atoms with Crippen LogP contribution >= 0.6 is 0 Å². The van der Waals surface area contributed by atoms with Gasteiger partial charge >= 0.3 is 0 Å². The highest BCUT2D eigenvalue weighted by molar-refractivity contribution is 7.89. The van der Waals surface area contributed by atoms with Crippen molar-refractivity contribution in [3.63, 3.8) is 0 Å². The largest absolute Gasteiger partial charge is 0.496 e. The van der Waals surface area contributed by atoms with Crippen molar-refractivity contribution in [3.8, 4) is 16.9 Å². The molecule has 0 spiro atoms. The molecule has 0 aliphatic carbocycles. The summed E-state index contributed by atoms with van der Waals surface area (Å²) in [6.45, 7) is 0. The van der Waals surface area contributed by atoms with Crippen LogP contribution in [-0.2, 0) is 22.6 Å². The number of benzene rings is 1. The molecule has 0 saturated heterocycles. The maximum Gasteiger partial charge on any atom is 0.273 e. The van der Waals surface area contributed by atoms with E-state index in [2.05, 4.69) is 5.32 Å². The molecule has 0 unspecified atom stereocenters. The quantitative estimate of drug-likeness (QED) is 0.898. The molecule has 0 bridgehead atoms. The number of methoxy groups -OCH3 is 1. The number of pyridine rings is 1. The average molecular weight is 336 g/mol. The Labute approximate surface area is 135 Å². The number of aromatic nitrogens is 1. The first-order valence-corrected chi connectivity index (χ1v) is 9.04. The zero-order valence-corrected chi connectivity index (χ0v) is 14.4. The Morgan fingerprint density at radius 1 is 1.22 bits per heavy atom.